The van der Waals surface area contributed by atoms with Gasteiger partial charge in [0.05, 0.1) is 17.8 Å². The number of hydrogen-bond donors (Lipinski definition) is 1. The molecule has 0 aromatic carbocycles. The van der Waals surface area contributed by atoms with Gasteiger partial charge in [-0.05, 0) is 38.1 Å². The van der Waals surface area contributed by atoms with Crippen LogP contribution in [0.5, 0.6) is 0 Å². The van der Waals surface area contributed by atoms with Crippen LogP contribution < -0.4 is 5.32 Å². The molecule has 2 aromatic rings. The second-order valence-electron chi connectivity index (χ2n) is 5.59. The van der Waals surface area contributed by atoms with Crippen LogP contribution in [0.4, 0.5) is 0 Å². The maximum absolute atomic E-state index is 12.4. The minimum Gasteiger partial charge on any atom is -0.342 e. The molecule has 3 heterocycles. The first-order valence-electron chi connectivity index (χ1n) is 7.54. The highest BCUT2D eigenvalue weighted by molar-refractivity contribution is 7.13. The van der Waals surface area contributed by atoms with Crippen molar-refractivity contribution >= 4 is 17.2 Å². The molecule has 22 heavy (non-hydrogen) atoms. The van der Waals surface area contributed by atoms with Crippen LogP contribution in [-0.4, -0.2) is 47.5 Å². The van der Waals surface area contributed by atoms with Gasteiger partial charge in [0.15, 0.2) is 0 Å². The minimum absolute atomic E-state index is 0.177. The Morgan fingerprint density at radius 3 is 3.18 bits per heavy atom. The van der Waals surface area contributed by atoms with Crippen molar-refractivity contribution in [3.8, 4) is 10.7 Å². The van der Waals surface area contributed by atoms with E-state index in [0.29, 0.717) is 12.3 Å². The molecule has 1 saturated heterocycles. The van der Waals surface area contributed by atoms with Gasteiger partial charge < -0.3 is 10.2 Å². The number of rotatable bonds is 5. The van der Waals surface area contributed by atoms with Gasteiger partial charge in [-0.15, -0.1) is 11.3 Å². The summed E-state index contributed by atoms with van der Waals surface area (Å²) in [5.41, 5.74) is 1.70. The van der Waals surface area contributed by atoms with Gasteiger partial charge in [0.25, 0.3) is 0 Å². The fourth-order valence-electron chi connectivity index (χ4n) is 2.78. The Labute approximate surface area is 134 Å². The molecule has 1 aliphatic rings. The van der Waals surface area contributed by atoms with Crippen molar-refractivity contribution in [1.29, 1.82) is 0 Å². The third-order valence-electron chi connectivity index (χ3n) is 3.90. The van der Waals surface area contributed by atoms with E-state index >= 15 is 0 Å². The van der Waals surface area contributed by atoms with Gasteiger partial charge in [-0.3, -0.25) is 9.78 Å². The lowest BCUT2D eigenvalue weighted by Gasteiger charge is -2.15. The number of pyridine rings is 1. The van der Waals surface area contributed by atoms with Gasteiger partial charge >= 0.3 is 0 Å². The van der Waals surface area contributed by atoms with Gasteiger partial charge in [0.2, 0.25) is 5.91 Å². The van der Waals surface area contributed by atoms with Crippen LogP contribution in [0.15, 0.2) is 29.8 Å². The molecular weight excluding hydrogens is 296 g/mol. The van der Waals surface area contributed by atoms with E-state index in [1.807, 2.05) is 35.5 Å². The van der Waals surface area contributed by atoms with Gasteiger partial charge in [0, 0.05) is 24.7 Å². The first kappa shape index (κ1) is 15.1. The summed E-state index contributed by atoms with van der Waals surface area (Å²) in [6, 6.07) is 5.77. The Kier molecular flexibility index (Phi) is 4.80. The summed E-state index contributed by atoms with van der Waals surface area (Å²) in [6.45, 7) is 2.70. The van der Waals surface area contributed by atoms with Gasteiger partial charge in [-0.1, -0.05) is 6.07 Å². The summed E-state index contributed by atoms with van der Waals surface area (Å²) in [4.78, 5) is 23.2. The molecule has 5 nitrogen and oxygen atoms in total. The van der Waals surface area contributed by atoms with Crippen LogP contribution >= 0.6 is 11.3 Å². The van der Waals surface area contributed by atoms with Crippen molar-refractivity contribution in [2.45, 2.75) is 12.8 Å². The molecule has 3 rings (SSSR count). The zero-order valence-corrected chi connectivity index (χ0v) is 13.5. The van der Waals surface area contributed by atoms with Crippen LogP contribution in [0, 0.1) is 5.92 Å². The molecule has 0 bridgehead atoms. The van der Waals surface area contributed by atoms with E-state index in [1.54, 1.807) is 17.5 Å². The van der Waals surface area contributed by atoms with Crippen molar-refractivity contribution in [3.63, 3.8) is 0 Å². The first-order valence-corrected chi connectivity index (χ1v) is 8.42. The number of hydrogen-bond acceptors (Lipinski definition) is 5. The molecule has 0 spiro atoms. The number of thiazole rings is 1. The van der Waals surface area contributed by atoms with Crippen molar-refractivity contribution in [3.05, 3.63) is 35.5 Å². The molecule has 0 aliphatic carbocycles. The zero-order chi connectivity index (χ0) is 15.4. The second kappa shape index (κ2) is 6.98. The van der Waals surface area contributed by atoms with E-state index in [2.05, 4.69) is 15.3 Å². The average molecular weight is 316 g/mol. The third kappa shape index (κ3) is 3.51. The van der Waals surface area contributed by atoms with E-state index in [1.165, 1.54) is 0 Å². The predicted octanol–water partition coefficient (Wildman–Crippen LogP) is 1.82. The summed E-state index contributed by atoms with van der Waals surface area (Å²) < 4.78 is 0. The highest BCUT2D eigenvalue weighted by atomic mass is 32.1. The lowest BCUT2D eigenvalue weighted by atomic mass is 10.1. The lowest BCUT2D eigenvalue weighted by Crippen LogP contribution is -2.31. The molecule has 0 radical (unpaired) electrons. The SMILES string of the molecule is CNCC1CCN(C(=O)Cc2csc(-c3ccccn3)n2)C1. The molecule has 1 atom stereocenters. The molecule has 6 heteroatoms. The average Bonchev–Trinajstić information content (AvgIpc) is 3.18. The predicted molar refractivity (Wildman–Crippen MR) is 87.7 cm³/mol. The molecular formula is C16H20N4OS. The first-order chi connectivity index (χ1) is 10.8. The topological polar surface area (TPSA) is 58.1 Å². The lowest BCUT2D eigenvalue weighted by molar-refractivity contribution is -0.129. The summed E-state index contributed by atoms with van der Waals surface area (Å²) in [5.74, 6) is 0.755. The standard InChI is InChI=1S/C16H20N4OS/c1-17-9-12-5-7-20(10-12)15(21)8-13-11-22-16(19-13)14-4-2-3-6-18-14/h2-4,6,11-12,17H,5,7-10H2,1H3. The van der Waals surface area contributed by atoms with E-state index in [0.717, 1.165) is 42.5 Å². The monoisotopic (exact) mass is 316 g/mol. The molecule has 0 saturated carbocycles. The third-order valence-corrected chi connectivity index (χ3v) is 4.81. The summed E-state index contributed by atoms with van der Waals surface area (Å²) in [6.07, 6.45) is 3.23. The highest BCUT2D eigenvalue weighted by Crippen LogP contribution is 2.22. The minimum atomic E-state index is 0.177. The molecule has 116 valence electrons. The van der Waals surface area contributed by atoms with Gasteiger partial charge in [0.1, 0.15) is 5.01 Å². The van der Waals surface area contributed by atoms with Crippen LogP contribution in [0.2, 0.25) is 0 Å². The zero-order valence-electron chi connectivity index (χ0n) is 12.7. The quantitative estimate of drug-likeness (QED) is 0.914. The number of amides is 1. The summed E-state index contributed by atoms with van der Waals surface area (Å²) >= 11 is 1.54. The van der Waals surface area contributed by atoms with E-state index in [4.69, 9.17) is 0 Å². The number of carbonyl (C=O) groups excluding carboxylic acids is 1. The van der Waals surface area contributed by atoms with Crippen LogP contribution in [0.3, 0.4) is 0 Å². The fraction of sp³-hybridized carbons (Fsp3) is 0.438. The Balaban J connectivity index is 1.60. The van der Waals surface area contributed by atoms with Gasteiger partial charge in [-0.25, -0.2) is 4.98 Å². The largest absolute Gasteiger partial charge is 0.342 e. The number of carbonyl (C=O) groups is 1. The smallest absolute Gasteiger partial charge is 0.228 e. The molecule has 1 fully saturated rings. The number of nitrogens with zero attached hydrogens (tertiary/aromatic N) is 3. The van der Waals surface area contributed by atoms with Crippen molar-refractivity contribution in [1.82, 2.24) is 20.2 Å². The normalized spacial score (nSPS) is 17.9. The van der Waals surface area contributed by atoms with E-state index < -0.39 is 0 Å². The van der Waals surface area contributed by atoms with Crippen molar-refractivity contribution in [2.75, 3.05) is 26.7 Å². The van der Waals surface area contributed by atoms with E-state index in [-0.39, 0.29) is 5.91 Å². The molecule has 1 aliphatic heterocycles. The Morgan fingerprint density at radius 2 is 2.41 bits per heavy atom. The van der Waals surface area contributed by atoms with Gasteiger partial charge in [-0.2, -0.15) is 0 Å². The van der Waals surface area contributed by atoms with Crippen molar-refractivity contribution < 1.29 is 4.79 Å². The summed E-state index contributed by atoms with van der Waals surface area (Å²) in [7, 11) is 1.96. The van der Waals surface area contributed by atoms with Crippen LogP contribution in [0.25, 0.3) is 10.7 Å². The molecule has 1 unspecified atom stereocenters. The number of likely N-dealkylation sites (tertiary alicyclic amines) is 1. The van der Waals surface area contributed by atoms with E-state index in [9.17, 15) is 4.79 Å². The number of nitrogens with one attached hydrogen (secondary N) is 1. The Morgan fingerprint density at radius 1 is 1.50 bits per heavy atom. The van der Waals surface area contributed by atoms with Crippen LogP contribution in [0.1, 0.15) is 12.1 Å². The second-order valence-corrected chi connectivity index (χ2v) is 6.45. The fourth-order valence-corrected chi connectivity index (χ4v) is 3.57. The molecule has 1 N–H and O–H groups in total. The highest BCUT2D eigenvalue weighted by Gasteiger charge is 2.26. The Hall–Kier alpha value is -1.79. The maximum Gasteiger partial charge on any atom is 0.228 e. The van der Waals surface area contributed by atoms with Crippen LogP contribution in [-0.2, 0) is 11.2 Å². The Bertz CT molecular complexity index is 628. The molecule has 2 aromatic heterocycles. The van der Waals surface area contributed by atoms with Crippen molar-refractivity contribution in [2.24, 2.45) is 5.92 Å². The summed E-state index contributed by atoms with van der Waals surface area (Å²) in [5, 5.41) is 6.02. The maximum atomic E-state index is 12.4. The molecule has 1 amide bonds. The number of aromatic nitrogens is 2.